The molecule has 0 atom stereocenters. The lowest BCUT2D eigenvalue weighted by molar-refractivity contribution is 0.464. The van der Waals surface area contributed by atoms with Crippen LogP contribution >= 0.6 is 0 Å². The fourth-order valence-electron chi connectivity index (χ4n) is 0.397. The van der Waals surface area contributed by atoms with E-state index in [0.717, 1.165) is 0 Å². The van der Waals surface area contributed by atoms with Crippen LogP contribution in [0.2, 0.25) is 0 Å². The summed E-state index contributed by atoms with van der Waals surface area (Å²) in [5.74, 6) is 2.36. The average Bonchev–Trinajstić information content (AvgIpc) is 1.84. The summed E-state index contributed by atoms with van der Waals surface area (Å²) in [5, 5.41) is 0. The van der Waals surface area contributed by atoms with Crippen LogP contribution in [0.3, 0.4) is 0 Å². The van der Waals surface area contributed by atoms with Gasteiger partial charge in [-0.1, -0.05) is 12.8 Å². The first kappa shape index (κ1) is 9.31. The van der Waals surface area contributed by atoms with Gasteiger partial charge in [-0.25, -0.2) is 0 Å². The number of hydrogen-bond donors (Lipinski definition) is 0. The van der Waals surface area contributed by atoms with Crippen molar-refractivity contribution in [3.63, 3.8) is 0 Å². The van der Waals surface area contributed by atoms with Gasteiger partial charge in [-0.05, 0) is 6.42 Å². The minimum Gasteiger partial charge on any atom is -0.328 e. The first-order valence-electron chi connectivity index (χ1n) is 2.95. The van der Waals surface area contributed by atoms with Crippen molar-refractivity contribution in [2.75, 3.05) is 5.75 Å². The fourth-order valence-corrected chi connectivity index (χ4v) is 1.19. The predicted octanol–water partition coefficient (Wildman–Crippen LogP) is 0.724. The Hall–Kier alpha value is -0.690. The molecule has 0 aromatic heterocycles. The Kier molecular flexibility index (Phi) is 3.89. The second-order valence-electron chi connectivity index (χ2n) is 1.70. The second kappa shape index (κ2) is 4.18. The monoisotopic (exact) mass is 162 g/mol. The van der Waals surface area contributed by atoms with Crippen molar-refractivity contribution in [3.05, 3.63) is 0 Å². The van der Waals surface area contributed by atoms with E-state index in [4.69, 9.17) is 0 Å². The number of rotatable bonds is 3. The van der Waals surface area contributed by atoms with Crippen LogP contribution < -0.4 is 0 Å². The smallest absolute Gasteiger partial charge is 0.317 e. The molecule has 0 radical (unpaired) electrons. The van der Waals surface area contributed by atoms with Crippen LogP contribution in [-0.2, 0) is 14.3 Å². The first-order chi connectivity index (χ1) is 4.62. The molecule has 0 unspecified atom stereocenters. The van der Waals surface area contributed by atoms with Crippen molar-refractivity contribution in [2.45, 2.75) is 20.3 Å². The Morgan fingerprint density at radius 3 is 2.50 bits per heavy atom. The summed E-state index contributed by atoms with van der Waals surface area (Å²) in [6.45, 7) is 3.28. The van der Waals surface area contributed by atoms with Gasteiger partial charge in [0.15, 0.2) is 0 Å². The molecule has 4 heteroatoms. The van der Waals surface area contributed by atoms with Crippen molar-refractivity contribution >= 4 is 10.1 Å². The maximum Gasteiger partial charge on any atom is 0.317 e. The molecule has 0 fully saturated rings. The topological polar surface area (TPSA) is 43.4 Å². The lowest BCUT2D eigenvalue weighted by Crippen LogP contribution is -2.05. The summed E-state index contributed by atoms with van der Waals surface area (Å²) in [6.07, 6.45) is 2.58. The van der Waals surface area contributed by atoms with Crippen molar-refractivity contribution in [1.29, 1.82) is 0 Å². The normalized spacial score (nSPS) is 9.80. The van der Waals surface area contributed by atoms with Gasteiger partial charge in [0.25, 0.3) is 0 Å². The van der Waals surface area contributed by atoms with Gasteiger partial charge in [-0.2, -0.15) is 8.42 Å². The summed E-state index contributed by atoms with van der Waals surface area (Å²) in [6, 6.07) is 0. The molecule has 0 amide bonds. The van der Waals surface area contributed by atoms with E-state index >= 15 is 0 Å². The maximum absolute atomic E-state index is 10.7. The lowest BCUT2D eigenvalue weighted by Gasteiger charge is -1.95. The Bertz CT molecular complexity index is 229. The van der Waals surface area contributed by atoms with Gasteiger partial charge in [0.1, 0.15) is 6.11 Å². The molecule has 0 aliphatic rings. The van der Waals surface area contributed by atoms with Gasteiger partial charge in [0, 0.05) is 6.92 Å². The molecule has 0 aliphatic heterocycles. The Morgan fingerprint density at radius 1 is 1.50 bits per heavy atom. The summed E-state index contributed by atoms with van der Waals surface area (Å²) < 4.78 is 25.6. The van der Waals surface area contributed by atoms with Gasteiger partial charge in [-0.15, -0.1) is 0 Å². The molecule has 58 valence electrons. The molecule has 0 spiro atoms. The van der Waals surface area contributed by atoms with Crippen LogP contribution in [0.1, 0.15) is 20.3 Å². The SMILES string of the molecule is CC#COS(=O)(=O)CCC. The Morgan fingerprint density at radius 2 is 2.10 bits per heavy atom. The van der Waals surface area contributed by atoms with E-state index in [1.807, 2.05) is 6.11 Å². The van der Waals surface area contributed by atoms with Crippen molar-refractivity contribution in [3.8, 4) is 12.0 Å². The van der Waals surface area contributed by atoms with Crippen LogP contribution in [0.4, 0.5) is 0 Å². The maximum atomic E-state index is 10.7. The van der Waals surface area contributed by atoms with Gasteiger partial charge >= 0.3 is 10.1 Å². The molecule has 0 saturated heterocycles. The van der Waals surface area contributed by atoms with E-state index in [0.29, 0.717) is 6.42 Å². The van der Waals surface area contributed by atoms with E-state index in [2.05, 4.69) is 10.1 Å². The van der Waals surface area contributed by atoms with E-state index in [-0.39, 0.29) is 5.75 Å². The zero-order valence-corrected chi connectivity index (χ0v) is 6.86. The van der Waals surface area contributed by atoms with Crippen LogP contribution in [0.15, 0.2) is 0 Å². The third-order valence-electron chi connectivity index (χ3n) is 0.725. The van der Waals surface area contributed by atoms with Gasteiger partial charge in [0.2, 0.25) is 0 Å². The lowest BCUT2D eigenvalue weighted by atomic mass is 10.6. The van der Waals surface area contributed by atoms with Gasteiger partial charge in [-0.3, -0.25) is 0 Å². The highest BCUT2D eigenvalue weighted by Crippen LogP contribution is 1.93. The Balaban J connectivity index is 3.97. The van der Waals surface area contributed by atoms with Gasteiger partial charge in [0.05, 0.1) is 5.75 Å². The van der Waals surface area contributed by atoms with E-state index in [1.54, 1.807) is 6.92 Å². The minimum absolute atomic E-state index is 0.0294. The molecule has 0 N–H and O–H groups in total. The summed E-state index contributed by atoms with van der Waals surface area (Å²) >= 11 is 0. The van der Waals surface area contributed by atoms with E-state index in [9.17, 15) is 8.42 Å². The molecule has 0 saturated carbocycles. The van der Waals surface area contributed by atoms with Crippen LogP contribution in [-0.4, -0.2) is 14.2 Å². The highest BCUT2D eigenvalue weighted by Gasteiger charge is 2.06. The molecule has 0 rings (SSSR count). The summed E-state index contributed by atoms with van der Waals surface area (Å²) in [5.41, 5.74) is 0. The third-order valence-corrected chi connectivity index (χ3v) is 1.97. The van der Waals surface area contributed by atoms with E-state index < -0.39 is 10.1 Å². The van der Waals surface area contributed by atoms with Crippen molar-refractivity contribution < 1.29 is 12.6 Å². The quantitative estimate of drug-likeness (QED) is 0.453. The largest absolute Gasteiger partial charge is 0.328 e. The third kappa shape index (κ3) is 4.21. The van der Waals surface area contributed by atoms with E-state index in [1.165, 1.54) is 6.92 Å². The summed E-state index contributed by atoms with van der Waals surface area (Å²) in [7, 11) is -3.37. The Labute approximate surface area is 61.5 Å². The molecule has 0 aromatic rings. The second-order valence-corrected chi connectivity index (χ2v) is 3.39. The van der Waals surface area contributed by atoms with Crippen LogP contribution in [0.5, 0.6) is 0 Å². The van der Waals surface area contributed by atoms with Gasteiger partial charge < -0.3 is 4.18 Å². The molecule has 10 heavy (non-hydrogen) atoms. The average molecular weight is 162 g/mol. The summed E-state index contributed by atoms with van der Waals surface area (Å²) in [4.78, 5) is 0. The predicted molar refractivity (Wildman–Crippen MR) is 38.6 cm³/mol. The van der Waals surface area contributed by atoms with Crippen LogP contribution in [0, 0.1) is 12.0 Å². The standard InChI is InChI=1S/C6H10O3S/c1-3-5-9-10(7,8)6-4-2/h4,6H2,1-2H3. The van der Waals surface area contributed by atoms with Crippen molar-refractivity contribution in [2.24, 2.45) is 0 Å². The highest BCUT2D eigenvalue weighted by molar-refractivity contribution is 7.86. The minimum atomic E-state index is -3.37. The van der Waals surface area contributed by atoms with Crippen LogP contribution in [0.25, 0.3) is 0 Å². The zero-order chi connectivity index (χ0) is 8.04. The molecule has 0 aliphatic carbocycles. The molecule has 0 heterocycles. The zero-order valence-electron chi connectivity index (χ0n) is 6.05. The fraction of sp³-hybridized carbons (Fsp3) is 0.667. The first-order valence-corrected chi connectivity index (χ1v) is 4.53. The molecule has 0 aromatic carbocycles. The molecule has 3 nitrogen and oxygen atoms in total. The molecule has 0 bridgehead atoms. The number of hydrogen-bond acceptors (Lipinski definition) is 3. The molecular weight excluding hydrogens is 152 g/mol. The highest BCUT2D eigenvalue weighted by atomic mass is 32.2. The van der Waals surface area contributed by atoms with Crippen molar-refractivity contribution in [1.82, 2.24) is 0 Å². The molecular formula is C6H10O3S.